The number of carbonyl (C=O) groups excluding carboxylic acids is 2. The van der Waals surface area contributed by atoms with Gasteiger partial charge in [-0.1, -0.05) is 6.07 Å². The van der Waals surface area contributed by atoms with Crippen molar-refractivity contribution in [1.29, 1.82) is 0 Å². The molecule has 0 saturated heterocycles. The van der Waals surface area contributed by atoms with E-state index in [-0.39, 0.29) is 6.54 Å². The predicted octanol–water partition coefficient (Wildman–Crippen LogP) is 1.58. The van der Waals surface area contributed by atoms with Crippen LogP contribution in [0.15, 0.2) is 29.2 Å². The first kappa shape index (κ1) is 17.9. The van der Waals surface area contributed by atoms with Crippen LogP contribution in [-0.2, 0) is 9.59 Å². The molecule has 0 aliphatic rings. The van der Waals surface area contributed by atoms with E-state index in [9.17, 15) is 14.7 Å². The van der Waals surface area contributed by atoms with Crippen LogP contribution in [0.3, 0.4) is 0 Å². The molecule has 1 unspecified atom stereocenters. The molecule has 1 aromatic carbocycles. The number of carbonyl (C=O) groups is 2. The summed E-state index contributed by atoms with van der Waals surface area (Å²) in [7, 11) is 0. The lowest BCUT2D eigenvalue weighted by atomic mass is 10.3. The Morgan fingerprint density at radius 1 is 1.29 bits per heavy atom. The highest BCUT2D eigenvalue weighted by atomic mass is 32.2. The molecule has 21 heavy (non-hydrogen) atoms. The topological polar surface area (TPSA) is 78.4 Å². The normalized spacial score (nSPS) is 11.8. The minimum atomic E-state index is -0.743. The second kappa shape index (κ2) is 9.70. The molecule has 1 aromatic rings. The molecule has 0 fully saturated rings. The molecule has 0 bridgehead atoms. The monoisotopic (exact) mass is 328 g/mol. The number of aliphatic hydroxyl groups is 1. The van der Waals surface area contributed by atoms with Crippen molar-refractivity contribution in [1.82, 2.24) is 5.32 Å². The van der Waals surface area contributed by atoms with Crippen LogP contribution in [0.25, 0.3) is 0 Å². The lowest BCUT2D eigenvalue weighted by Crippen LogP contribution is -2.39. The first-order chi connectivity index (χ1) is 10.1. The van der Waals surface area contributed by atoms with Gasteiger partial charge in [-0.25, -0.2) is 0 Å². The predicted molar refractivity (Wildman–Crippen MR) is 88.9 cm³/mol. The molecular formula is C14H20N2O3S2. The molecular weight excluding hydrogens is 308 g/mol. The van der Waals surface area contributed by atoms with Crippen LogP contribution >= 0.6 is 23.5 Å². The minimum absolute atomic E-state index is 0.0810. The maximum Gasteiger partial charge on any atom is 0.313 e. The number of rotatable bonds is 7. The van der Waals surface area contributed by atoms with Gasteiger partial charge in [0.15, 0.2) is 0 Å². The Hall–Kier alpha value is -1.18. The summed E-state index contributed by atoms with van der Waals surface area (Å²) in [5.74, 6) is -0.664. The van der Waals surface area contributed by atoms with E-state index in [2.05, 4.69) is 10.6 Å². The number of aliphatic hydroxyl groups excluding tert-OH is 1. The van der Waals surface area contributed by atoms with Crippen molar-refractivity contribution < 1.29 is 14.7 Å². The maximum atomic E-state index is 11.7. The molecule has 0 saturated carbocycles. The van der Waals surface area contributed by atoms with E-state index in [0.29, 0.717) is 12.1 Å². The molecule has 116 valence electrons. The molecule has 0 aromatic heterocycles. The summed E-state index contributed by atoms with van der Waals surface area (Å²) < 4.78 is 0. The third-order valence-corrected chi connectivity index (χ3v) is 4.06. The average Bonchev–Trinajstić information content (AvgIpc) is 2.50. The lowest BCUT2D eigenvalue weighted by molar-refractivity contribution is -0.136. The summed E-state index contributed by atoms with van der Waals surface area (Å²) in [6, 6.07) is 7.25. The number of hydrogen-bond donors (Lipinski definition) is 3. The van der Waals surface area contributed by atoms with E-state index in [1.807, 2.05) is 24.6 Å². The van der Waals surface area contributed by atoms with Crippen molar-refractivity contribution in [3.8, 4) is 0 Å². The highest BCUT2D eigenvalue weighted by molar-refractivity contribution is 7.98. The second-order valence-corrected chi connectivity index (χ2v) is 6.20. The van der Waals surface area contributed by atoms with Crippen molar-refractivity contribution in [2.24, 2.45) is 0 Å². The number of amides is 2. The van der Waals surface area contributed by atoms with Crippen molar-refractivity contribution >= 4 is 41.0 Å². The van der Waals surface area contributed by atoms with Gasteiger partial charge in [0.1, 0.15) is 0 Å². The van der Waals surface area contributed by atoms with Crippen LogP contribution in [-0.4, -0.2) is 47.8 Å². The van der Waals surface area contributed by atoms with Crippen LogP contribution in [0.4, 0.5) is 5.69 Å². The Morgan fingerprint density at radius 2 is 2.05 bits per heavy atom. The van der Waals surface area contributed by atoms with Gasteiger partial charge in [-0.2, -0.15) is 11.8 Å². The van der Waals surface area contributed by atoms with Gasteiger partial charge < -0.3 is 15.7 Å². The Bertz CT molecular complexity index is 483. The van der Waals surface area contributed by atoms with Crippen molar-refractivity contribution in [3.05, 3.63) is 24.3 Å². The van der Waals surface area contributed by atoms with Gasteiger partial charge in [0, 0.05) is 17.1 Å². The van der Waals surface area contributed by atoms with Crippen LogP contribution in [0.1, 0.15) is 6.42 Å². The smallest absolute Gasteiger partial charge is 0.313 e. The largest absolute Gasteiger partial charge is 0.391 e. The van der Waals surface area contributed by atoms with Crippen molar-refractivity contribution in [2.75, 3.05) is 30.1 Å². The minimum Gasteiger partial charge on any atom is -0.391 e. The van der Waals surface area contributed by atoms with Gasteiger partial charge in [-0.15, -0.1) is 11.8 Å². The number of nitrogens with one attached hydrogen (secondary N) is 2. The third-order valence-electron chi connectivity index (χ3n) is 2.69. The molecule has 3 N–H and O–H groups in total. The summed E-state index contributed by atoms with van der Waals surface area (Å²) in [6.45, 7) is 0.0810. The van der Waals surface area contributed by atoms with E-state index in [1.54, 1.807) is 35.7 Å². The molecule has 1 atom stereocenters. The number of thioether (sulfide) groups is 2. The quantitative estimate of drug-likeness (QED) is 0.523. The Kier molecular flexibility index (Phi) is 8.26. The van der Waals surface area contributed by atoms with Gasteiger partial charge >= 0.3 is 11.8 Å². The highest BCUT2D eigenvalue weighted by Crippen LogP contribution is 2.18. The lowest BCUT2D eigenvalue weighted by Gasteiger charge is -2.11. The molecule has 7 heteroatoms. The van der Waals surface area contributed by atoms with Crippen LogP contribution in [0.5, 0.6) is 0 Å². The van der Waals surface area contributed by atoms with Gasteiger partial charge in [0.2, 0.25) is 0 Å². The molecule has 5 nitrogen and oxygen atoms in total. The van der Waals surface area contributed by atoms with Crippen molar-refractivity contribution in [3.63, 3.8) is 0 Å². The first-order valence-corrected chi connectivity index (χ1v) is 9.09. The van der Waals surface area contributed by atoms with Crippen LogP contribution in [0, 0.1) is 0 Å². The van der Waals surface area contributed by atoms with E-state index < -0.39 is 17.9 Å². The van der Waals surface area contributed by atoms with Crippen LogP contribution < -0.4 is 10.6 Å². The van der Waals surface area contributed by atoms with Gasteiger partial charge in [0.25, 0.3) is 0 Å². The fourth-order valence-electron chi connectivity index (χ4n) is 1.54. The Balaban J connectivity index is 2.42. The zero-order chi connectivity index (χ0) is 15.7. The molecule has 2 amide bonds. The van der Waals surface area contributed by atoms with E-state index >= 15 is 0 Å². The molecule has 0 heterocycles. The Morgan fingerprint density at radius 3 is 2.71 bits per heavy atom. The zero-order valence-corrected chi connectivity index (χ0v) is 13.7. The number of anilines is 1. The van der Waals surface area contributed by atoms with Gasteiger partial charge in [-0.05, 0) is 42.9 Å². The van der Waals surface area contributed by atoms with Crippen LogP contribution in [0.2, 0.25) is 0 Å². The van der Waals surface area contributed by atoms with E-state index in [4.69, 9.17) is 0 Å². The first-order valence-electron chi connectivity index (χ1n) is 6.47. The molecule has 0 spiro atoms. The molecule has 0 radical (unpaired) electrons. The summed E-state index contributed by atoms with van der Waals surface area (Å²) in [6.07, 6.45) is 3.83. The molecule has 0 aliphatic heterocycles. The summed E-state index contributed by atoms with van der Waals surface area (Å²) in [4.78, 5) is 24.4. The van der Waals surface area contributed by atoms with Gasteiger partial charge in [-0.3, -0.25) is 9.59 Å². The second-order valence-electron chi connectivity index (χ2n) is 4.33. The maximum absolute atomic E-state index is 11.7. The fourth-order valence-corrected chi connectivity index (χ4v) is 2.50. The molecule has 1 rings (SSSR count). The number of hydrogen-bond acceptors (Lipinski definition) is 5. The summed E-state index contributed by atoms with van der Waals surface area (Å²) in [5, 5.41) is 14.6. The standard InChI is InChI=1S/C14H20N2O3S2/c1-20-7-6-11(17)9-15-13(18)14(19)16-10-4-3-5-12(8-10)21-2/h3-5,8,11,17H,6-7,9H2,1-2H3,(H,15,18)(H,16,19). The summed E-state index contributed by atoms with van der Waals surface area (Å²) in [5.41, 5.74) is 0.574. The third kappa shape index (κ3) is 6.88. The zero-order valence-electron chi connectivity index (χ0n) is 12.1. The Labute approximate surface area is 133 Å². The van der Waals surface area contributed by atoms with Gasteiger partial charge in [0.05, 0.1) is 6.10 Å². The van der Waals surface area contributed by atoms with E-state index in [1.165, 1.54) is 0 Å². The SMILES string of the molecule is CSCCC(O)CNC(=O)C(=O)Nc1cccc(SC)c1. The number of benzene rings is 1. The highest BCUT2D eigenvalue weighted by Gasteiger charge is 2.15. The van der Waals surface area contributed by atoms with E-state index in [0.717, 1.165) is 10.6 Å². The molecule has 0 aliphatic carbocycles. The fraction of sp³-hybridized carbons (Fsp3) is 0.429. The average molecular weight is 328 g/mol. The summed E-state index contributed by atoms with van der Waals surface area (Å²) >= 11 is 3.18. The van der Waals surface area contributed by atoms with Crippen molar-refractivity contribution in [2.45, 2.75) is 17.4 Å².